The van der Waals surface area contributed by atoms with Crippen molar-refractivity contribution in [1.29, 1.82) is 0 Å². The molecule has 228 valence electrons. The Morgan fingerprint density at radius 2 is 1.41 bits per heavy atom. The maximum Gasteiger partial charge on any atom is 0.257 e. The minimum atomic E-state index is -0.740. The highest BCUT2D eigenvalue weighted by Crippen LogP contribution is 2.43. The largest absolute Gasteiger partial charge is 0.369 e. The first-order valence-corrected chi connectivity index (χ1v) is 16.6. The third-order valence-corrected chi connectivity index (χ3v) is 10.5. The minimum Gasteiger partial charge on any atom is -0.369 e. The fraction of sp³-hybridized carbons (Fsp3) is 0.459. The van der Waals surface area contributed by atoms with Crippen LogP contribution in [0.5, 0.6) is 0 Å². The predicted octanol–water partition coefficient (Wildman–Crippen LogP) is 7.76. The van der Waals surface area contributed by atoms with E-state index in [9.17, 15) is 4.79 Å². The number of para-hydroxylation sites is 2. The SMILES string of the molecule is CN1C(=O)[C@@](CCC2CCCCC2)(C[C@H]2CCC[C@@H](N(c3ccc4ccccc4n3)c3ccc4ccccc4n3)C2)N=C1N. The summed E-state index contributed by atoms with van der Waals surface area (Å²) in [5, 5.41) is 2.26. The number of anilines is 2. The Kier molecular flexibility index (Phi) is 7.96. The monoisotopic (exact) mass is 588 g/mol. The number of guanidine groups is 1. The number of carbonyl (C=O) groups excluding carboxylic acids is 1. The number of hydrogen-bond donors (Lipinski definition) is 1. The Balaban J connectivity index is 1.20. The quantitative estimate of drug-likeness (QED) is 0.227. The van der Waals surface area contributed by atoms with Crippen LogP contribution in [-0.2, 0) is 4.79 Å². The highest BCUT2D eigenvalue weighted by atomic mass is 16.2. The van der Waals surface area contributed by atoms with Gasteiger partial charge in [0.2, 0.25) is 0 Å². The number of benzene rings is 2. The van der Waals surface area contributed by atoms with Gasteiger partial charge in [0.05, 0.1) is 11.0 Å². The molecule has 7 nitrogen and oxygen atoms in total. The molecule has 2 fully saturated rings. The minimum absolute atomic E-state index is 0.0807. The maximum absolute atomic E-state index is 13.8. The van der Waals surface area contributed by atoms with E-state index in [4.69, 9.17) is 20.7 Å². The summed E-state index contributed by atoms with van der Waals surface area (Å²) < 4.78 is 0. The molecule has 3 atom stereocenters. The van der Waals surface area contributed by atoms with Crippen LogP contribution in [0.1, 0.15) is 77.0 Å². The molecule has 0 radical (unpaired) electrons. The molecule has 1 aliphatic heterocycles. The fourth-order valence-corrected chi connectivity index (χ4v) is 8.11. The van der Waals surface area contributed by atoms with Gasteiger partial charge in [-0.3, -0.25) is 9.69 Å². The average Bonchev–Trinajstić information content (AvgIpc) is 3.27. The van der Waals surface area contributed by atoms with Crippen molar-refractivity contribution in [3.05, 3.63) is 72.8 Å². The summed E-state index contributed by atoms with van der Waals surface area (Å²) in [7, 11) is 1.78. The van der Waals surface area contributed by atoms with Gasteiger partial charge >= 0.3 is 0 Å². The van der Waals surface area contributed by atoms with Gasteiger partial charge in [-0.05, 0) is 80.3 Å². The van der Waals surface area contributed by atoms with E-state index in [-0.39, 0.29) is 11.9 Å². The molecule has 3 aliphatic rings. The van der Waals surface area contributed by atoms with E-state index in [1.165, 1.54) is 32.1 Å². The van der Waals surface area contributed by atoms with Gasteiger partial charge in [0.1, 0.15) is 17.2 Å². The summed E-state index contributed by atoms with van der Waals surface area (Å²) in [6, 6.07) is 25.4. The van der Waals surface area contributed by atoms with E-state index in [2.05, 4.69) is 65.6 Å². The molecular formula is C37H44N6O. The predicted molar refractivity (Wildman–Crippen MR) is 179 cm³/mol. The van der Waals surface area contributed by atoms with E-state index < -0.39 is 5.54 Å². The summed E-state index contributed by atoms with van der Waals surface area (Å²) in [5.74, 6) is 3.34. The lowest BCUT2D eigenvalue weighted by Crippen LogP contribution is -2.45. The molecule has 2 aliphatic carbocycles. The van der Waals surface area contributed by atoms with Crippen molar-refractivity contribution in [2.24, 2.45) is 22.6 Å². The van der Waals surface area contributed by atoms with Gasteiger partial charge in [0.25, 0.3) is 5.91 Å². The summed E-state index contributed by atoms with van der Waals surface area (Å²) >= 11 is 0. The number of nitrogens with two attached hydrogens (primary N) is 1. The van der Waals surface area contributed by atoms with Gasteiger partial charge in [0, 0.05) is 23.9 Å². The molecule has 0 bridgehead atoms. The second-order valence-electron chi connectivity index (χ2n) is 13.4. The summed E-state index contributed by atoms with van der Waals surface area (Å²) in [6.45, 7) is 0. The Hall–Kier alpha value is -4.00. The van der Waals surface area contributed by atoms with Gasteiger partial charge in [-0.15, -0.1) is 0 Å². The summed E-state index contributed by atoms with van der Waals surface area (Å²) in [6.07, 6.45) is 13.3. The molecule has 0 unspecified atom stereocenters. The number of hydrogen-bond acceptors (Lipinski definition) is 6. The van der Waals surface area contributed by atoms with Crippen LogP contribution in [0.2, 0.25) is 0 Å². The number of fused-ring (bicyclic) bond motifs is 2. The third kappa shape index (κ3) is 5.64. The highest BCUT2D eigenvalue weighted by molar-refractivity contribution is 6.06. The van der Waals surface area contributed by atoms with Gasteiger partial charge in [-0.1, -0.05) is 81.3 Å². The van der Waals surface area contributed by atoms with E-state index in [1.807, 2.05) is 12.1 Å². The molecule has 7 rings (SSSR count). The Bertz CT molecular complexity index is 1600. The highest BCUT2D eigenvalue weighted by Gasteiger charge is 2.48. The van der Waals surface area contributed by atoms with E-state index in [0.29, 0.717) is 17.8 Å². The Morgan fingerprint density at radius 3 is 2.02 bits per heavy atom. The van der Waals surface area contributed by atoms with Gasteiger partial charge < -0.3 is 10.6 Å². The zero-order valence-corrected chi connectivity index (χ0v) is 25.9. The number of aromatic nitrogens is 2. The van der Waals surface area contributed by atoms with Crippen molar-refractivity contribution in [3.63, 3.8) is 0 Å². The second kappa shape index (κ2) is 12.2. The molecule has 3 heterocycles. The Morgan fingerprint density at radius 1 is 0.795 bits per heavy atom. The first-order valence-electron chi connectivity index (χ1n) is 16.6. The zero-order valence-electron chi connectivity index (χ0n) is 25.9. The first-order chi connectivity index (χ1) is 21.5. The van der Waals surface area contributed by atoms with E-state index in [1.54, 1.807) is 11.9 Å². The molecule has 2 saturated carbocycles. The number of amides is 1. The first kappa shape index (κ1) is 28.8. The van der Waals surface area contributed by atoms with Crippen LogP contribution in [0.3, 0.4) is 0 Å². The molecule has 1 amide bonds. The molecule has 4 aromatic rings. The molecule has 2 aromatic carbocycles. The number of carbonyl (C=O) groups is 1. The topological polar surface area (TPSA) is 87.7 Å². The van der Waals surface area contributed by atoms with E-state index >= 15 is 0 Å². The van der Waals surface area contributed by atoms with Crippen molar-refractivity contribution in [3.8, 4) is 0 Å². The molecule has 2 aromatic heterocycles. The fourth-order valence-electron chi connectivity index (χ4n) is 8.11. The second-order valence-corrected chi connectivity index (χ2v) is 13.4. The maximum atomic E-state index is 13.8. The van der Waals surface area contributed by atoms with Crippen molar-refractivity contribution in [2.75, 3.05) is 11.9 Å². The normalized spacial score (nSPS) is 24.6. The molecule has 0 saturated heterocycles. The van der Waals surface area contributed by atoms with Crippen LogP contribution >= 0.6 is 0 Å². The number of aliphatic imine (C=N–C) groups is 1. The average molecular weight is 589 g/mol. The zero-order chi connectivity index (χ0) is 30.1. The lowest BCUT2D eigenvalue weighted by atomic mass is 9.74. The van der Waals surface area contributed by atoms with Crippen molar-refractivity contribution >= 4 is 45.3 Å². The van der Waals surface area contributed by atoms with Crippen LogP contribution in [0.4, 0.5) is 11.6 Å². The van der Waals surface area contributed by atoms with Crippen LogP contribution in [0.15, 0.2) is 77.8 Å². The molecule has 0 spiro atoms. The third-order valence-electron chi connectivity index (χ3n) is 10.5. The van der Waals surface area contributed by atoms with Crippen LogP contribution in [-0.4, -0.2) is 45.4 Å². The lowest BCUT2D eigenvalue weighted by molar-refractivity contribution is -0.131. The van der Waals surface area contributed by atoms with Crippen LogP contribution in [0.25, 0.3) is 21.8 Å². The molecule has 2 N–H and O–H groups in total. The standard InChI is InChI=1S/C37H44N6O/c1-42-35(44)37(41-36(42)38,23-22-26-10-3-2-4-11-26)25-27-12-9-15-30(24-27)43(33-20-18-28-13-5-7-16-31(28)39-33)34-21-19-29-14-6-8-17-32(29)40-34/h5-8,13-14,16-21,26-27,30H,2-4,9-12,15,22-25H2,1H3,(H2,38,41)/t27-,30+,37+/m0/s1. The van der Waals surface area contributed by atoms with Gasteiger partial charge in [0.15, 0.2) is 5.96 Å². The smallest absolute Gasteiger partial charge is 0.257 e. The summed E-state index contributed by atoms with van der Waals surface area (Å²) in [5.41, 5.74) is 7.53. The van der Waals surface area contributed by atoms with Gasteiger partial charge in [-0.2, -0.15) is 0 Å². The van der Waals surface area contributed by atoms with Crippen LogP contribution < -0.4 is 10.6 Å². The molecular weight excluding hydrogens is 544 g/mol. The number of likely N-dealkylation sites (N-methyl/N-ethyl adjacent to an activating group) is 1. The van der Waals surface area contributed by atoms with Gasteiger partial charge in [-0.25, -0.2) is 15.0 Å². The number of nitrogens with zero attached hydrogens (tertiary/aromatic N) is 5. The summed E-state index contributed by atoms with van der Waals surface area (Å²) in [4.78, 5) is 33.0. The lowest BCUT2D eigenvalue weighted by Gasteiger charge is -2.40. The molecule has 7 heteroatoms. The van der Waals surface area contributed by atoms with E-state index in [0.717, 1.165) is 78.4 Å². The van der Waals surface area contributed by atoms with Crippen molar-refractivity contribution in [2.45, 2.75) is 88.6 Å². The van der Waals surface area contributed by atoms with Crippen LogP contribution in [0, 0.1) is 11.8 Å². The number of rotatable bonds is 8. The van der Waals surface area contributed by atoms with Crippen molar-refractivity contribution < 1.29 is 4.79 Å². The van der Waals surface area contributed by atoms with Crippen molar-refractivity contribution in [1.82, 2.24) is 14.9 Å². The molecule has 44 heavy (non-hydrogen) atoms. The Labute approximate surface area is 260 Å². The number of pyridine rings is 2.